The van der Waals surface area contributed by atoms with Crippen molar-refractivity contribution in [2.45, 2.75) is 38.0 Å². The van der Waals surface area contributed by atoms with Crippen LogP contribution in [0.3, 0.4) is 0 Å². The molecule has 5 aromatic carbocycles. The van der Waals surface area contributed by atoms with Crippen LogP contribution in [0.2, 0.25) is 0 Å². The maximum absolute atomic E-state index is 6.81. The first kappa shape index (κ1) is 30.7. The Hall–Kier alpha value is -6.13. The number of nitrogens with zero attached hydrogens (tertiary/aromatic N) is 3. The highest BCUT2D eigenvalue weighted by atomic mass is 16.5. The Morgan fingerprint density at radius 2 is 1.44 bits per heavy atom. The molecule has 4 heteroatoms. The van der Waals surface area contributed by atoms with Gasteiger partial charge in [-0.15, -0.1) is 0 Å². The zero-order valence-corrected chi connectivity index (χ0v) is 29.1. The first-order valence-corrected chi connectivity index (χ1v) is 18.4. The molecule has 3 aliphatic carbocycles. The summed E-state index contributed by atoms with van der Waals surface area (Å²) in [6.45, 7) is 2.32. The maximum Gasteiger partial charge on any atom is 0.216 e. The first-order valence-electron chi connectivity index (χ1n) is 18.4. The van der Waals surface area contributed by atoms with Crippen molar-refractivity contribution >= 4 is 39.1 Å². The molecule has 4 nitrogen and oxygen atoms in total. The molecule has 2 heterocycles. The van der Waals surface area contributed by atoms with E-state index < -0.39 is 0 Å². The van der Waals surface area contributed by atoms with Crippen LogP contribution in [0.4, 0.5) is 11.4 Å². The molecular formula is C48H39N3O. The molecule has 0 radical (unpaired) electrons. The molecule has 0 fully saturated rings. The van der Waals surface area contributed by atoms with Crippen LogP contribution in [0.1, 0.15) is 31.4 Å². The van der Waals surface area contributed by atoms with Gasteiger partial charge in [0.25, 0.3) is 0 Å². The lowest BCUT2D eigenvalue weighted by molar-refractivity contribution is 0.100. The van der Waals surface area contributed by atoms with E-state index in [1.165, 1.54) is 38.5 Å². The Morgan fingerprint density at radius 1 is 0.692 bits per heavy atom. The first-order chi connectivity index (χ1) is 25.7. The van der Waals surface area contributed by atoms with Crippen molar-refractivity contribution in [1.82, 2.24) is 4.57 Å². The lowest BCUT2D eigenvalue weighted by Crippen LogP contribution is -2.45. The van der Waals surface area contributed by atoms with Crippen molar-refractivity contribution < 1.29 is 4.74 Å². The summed E-state index contributed by atoms with van der Waals surface area (Å²) in [7, 11) is 0. The van der Waals surface area contributed by atoms with Crippen LogP contribution in [-0.2, 0) is 4.74 Å². The second-order valence-electron chi connectivity index (χ2n) is 14.4. The van der Waals surface area contributed by atoms with E-state index in [-0.39, 0.29) is 23.6 Å². The van der Waals surface area contributed by atoms with E-state index in [4.69, 9.17) is 9.73 Å². The average Bonchev–Trinajstić information content (AvgIpc) is 3.80. The molecule has 4 atom stereocenters. The lowest BCUT2D eigenvalue weighted by Gasteiger charge is -2.44. The molecule has 1 aromatic heterocycles. The lowest BCUT2D eigenvalue weighted by atomic mass is 9.67. The van der Waals surface area contributed by atoms with Gasteiger partial charge in [0.05, 0.1) is 28.7 Å². The maximum atomic E-state index is 6.81. The van der Waals surface area contributed by atoms with E-state index in [0.717, 1.165) is 41.4 Å². The Morgan fingerprint density at radius 3 is 2.27 bits per heavy atom. The van der Waals surface area contributed by atoms with Crippen LogP contribution in [0, 0.1) is 5.41 Å². The molecule has 4 aliphatic rings. The third kappa shape index (κ3) is 4.93. The summed E-state index contributed by atoms with van der Waals surface area (Å²) in [5, 5.41) is 2.55. The molecule has 0 N–H and O–H groups in total. The fraction of sp³-hybridized carbons (Fsp3) is 0.146. The minimum absolute atomic E-state index is 0.0625. The van der Waals surface area contributed by atoms with Gasteiger partial charge in [-0.25, -0.2) is 4.99 Å². The van der Waals surface area contributed by atoms with Crippen molar-refractivity contribution in [2.75, 3.05) is 4.90 Å². The number of benzene rings is 5. The molecule has 3 unspecified atom stereocenters. The highest BCUT2D eigenvalue weighted by molar-refractivity contribution is 6.09. The standard InChI is InChI=1S/C48H39N3O/c1-48-30-14-25-44(41(48)28-29-42-46(48)52-47(49-42)34-17-7-3-8-18-34)50(37-22-13-19-35(31-37)33-15-5-2-6-16-33)38-26-27-40-39-23-11-12-24-43(39)51(45(40)32-38)36-20-9-4-10-21-36/h2-20,22-28,30-32,36,42,46H,21,29H2,1H3/t36?,42?,46?,48-/m0/s1. The second-order valence-corrected chi connectivity index (χ2v) is 14.4. The van der Waals surface area contributed by atoms with Crippen LogP contribution in [0.25, 0.3) is 32.9 Å². The van der Waals surface area contributed by atoms with Gasteiger partial charge >= 0.3 is 0 Å². The normalized spacial score (nSPS) is 23.1. The van der Waals surface area contributed by atoms with Gasteiger partial charge in [-0.2, -0.15) is 0 Å². The second kappa shape index (κ2) is 12.3. The number of ether oxygens (including phenoxy) is 1. The van der Waals surface area contributed by atoms with E-state index in [1.54, 1.807) is 0 Å². The molecule has 0 saturated carbocycles. The van der Waals surface area contributed by atoms with Gasteiger partial charge in [-0.1, -0.05) is 127 Å². The highest BCUT2D eigenvalue weighted by Gasteiger charge is 2.50. The summed E-state index contributed by atoms with van der Waals surface area (Å²) >= 11 is 0. The van der Waals surface area contributed by atoms with Gasteiger partial charge in [0.15, 0.2) is 0 Å². The fourth-order valence-corrected chi connectivity index (χ4v) is 8.80. The predicted molar refractivity (Wildman–Crippen MR) is 215 cm³/mol. The number of hydrogen-bond donors (Lipinski definition) is 0. The number of para-hydroxylation sites is 1. The minimum atomic E-state index is -0.374. The van der Waals surface area contributed by atoms with Gasteiger partial charge in [-0.3, -0.25) is 0 Å². The molecule has 52 heavy (non-hydrogen) atoms. The van der Waals surface area contributed by atoms with E-state index in [2.05, 4.69) is 186 Å². The number of allylic oxidation sites excluding steroid dienone is 7. The van der Waals surface area contributed by atoms with E-state index in [0.29, 0.717) is 0 Å². The van der Waals surface area contributed by atoms with E-state index in [1.807, 2.05) is 6.07 Å². The number of anilines is 2. The molecule has 1 aliphatic heterocycles. The average molecular weight is 674 g/mol. The summed E-state index contributed by atoms with van der Waals surface area (Å²) in [5.74, 6) is 0.744. The summed E-state index contributed by atoms with van der Waals surface area (Å²) in [6.07, 6.45) is 19.9. The zero-order valence-electron chi connectivity index (χ0n) is 29.1. The smallest absolute Gasteiger partial charge is 0.216 e. The Kier molecular flexibility index (Phi) is 7.24. The molecule has 0 amide bonds. The molecular weight excluding hydrogens is 635 g/mol. The predicted octanol–water partition coefficient (Wildman–Crippen LogP) is 11.7. The number of rotatable bonds is 6. The van der Waals surface area contributed by atoms with Crippen molar-refractivity contribution in [3.05, 3.63) is 193 Å². The van der Waals surface area contributed by atoms with Gasteiger partial charge in [-0.05, 0) is 85.0 Å². The topological polar surface area (TPSA) is 29.8 Å². The summed E-state index contributed by atoms with van der Waals surface area (Å²) in [4.78, 5) is 7.59. The molecule has 10 rings (SSSR count). The van der Waals surface area contributed by atoms with Gasteiger partial charge < -0.3 is 14.2 Å². The van der Waals surface area contributed by atoms with Gasteiger partial charge in [0, 0.05) is 33.2 Å². The van der Waals surface area contributed by atoms with Crippen LogP contribution in [0.5, 0.6) is 0 Å². The number of hydrogen-bond acceptors (Lipinski definition) is 3. The van der Waals surface area contributed by atoms with Crippen molar-refractivity contribution in [3.63, 3.8) is 0 Å². The quantitative estimate of drug-likeness (QED) is 0.176. The number of aliphatic imine (C=N–C) groups is 1. The molecule has 252 valence electrons. The van der Waals surface area contributed by atoms with Crippen LogP contribution < -0.4 is 4.90 Å². The Bertz CT molecular complexity index is 2530. The summed E-state index contributed by atoms with van der Waals surface area (Å²) < 4.78 is 9.34. The van der Waals surface area contributed by atoms with Gasteiger partial charge in [0.2, 0.25) is 5.90 Å². The number of fused-ring (bicyclic) bond motifs is 6. The number of aromatic nitrogens is 1. The molecule has 6 aromatic rings. The summed E-state index contributed by atoms with van der Waals surface area (Å²) in [6, 6.07) is 46.1. The van der Waals surface area contributed by atoms with E-state index >= 15 is 0 Å². The third-order valence-corrected chi connectivity index (χ3v) is 11.3. The minimum Gasteiger partial charge on any atom is -0.471 e. The van der Waals surface area contributed by atoms with Crippen molar-refractivity contribution in [2.24, 2.45) is 10.4 Å². The van der Waals surface area contributed by atoms with Gasteiger partial charge in [0.1, 0.15) is 6.10 Å². The highest BCUT2D eigenvalue weighted by Crippen LogP contribution is 2.52. The van der Waals surface area contributed by atoms with Crippen molar-refractivity contribution in [1.29, 1.82) is 0 Å². The fourth-order valence-electron chi connectivity index (χ4n) is 8.80. The van der Waals surface area contributed by atoms with Crippen LogP contribution in [0.15, 0.2) is 192 Å². The zero-order chi connectivity index (χ0) is 34.6. The molecule has 0 spiro atoms. The van der Waals surface area contributed by atoms with E-state index in [9.17, 15) is 0 Å². The monoisotopic (exact) mass is 673 g/mol. The molecule has 0 saturated heterocycles. The summed E-state index contributed by atoms with van der Waals surface area (Å²) in [5.41, 5.74) is 10.2. The Balaban J connectivity index is 1.13. The molecule has 0 bridgehead atoms. The Labute approximate surface area is 304 Å². The largest absolute Gasteiger partial charge is 0.471 e. The third-order valence-electron chi connectivity index (χ3n) is 11.3. The van der Waals surface area contributed by atoms with Crippen LogP contribution in [-0.4, -0.2) is 22.6 Å². The van der Waals surface area contributed by atoms with Crippen molar-refractivity contribution in [3.8, 4) is 11.1 Å². The van der Waals surface area contributed by atoms with Crippen LogP contribution >= 0.6 is 0 Å². The SMILES string of the molecule is C[C@]12C=CC=C(N(c3cccc(-c4ccccc4)c3)c3ccc4c5ccccc5n(C5C=CC=CC5)c4c3)C1=CCC1N=C(c3ccccc3)OC12.